The summed E-state index contributed by atoms with van der Waals surface area (Å²) in [6, 6.07) is 23.6. The molecule has 4 aromatic carbocycles. The topological polar surface area (TPSA) is 52.6 Å². The maximum Gasteiger partial charge on any atom is 0.338 e. The number of thioether (sulfide) groups is 4. The molecule has 4 aromatic rings. The number of ether oxygens (including phenoxy) is 2. The smallest absolute Gasteiger partial charge is 0.338 e. The van der Waals surface area contributed by atoms with E-state index < -0.39 is 11.9 Å². The second-order valence-corrected chi connectivity index (χ2v) is 14.7. The molecule has 0 aromatic heterocycles. The van der Waals surface area contributed by atoms with Crippen molar-refractivity contribution in [2.75, 3.05) is 13.2 Å². The summed E-state index contributed by atoms with van der Waals surface area (Å²) in [5, 5.41) is 7.19. The molecule has 0 spiro atoms. The van der Waals surface area contributed by atoms with Crippen molar-refractivity contribution in [3.8, 4) is 0 Å². The molecule has 0 unspecified atom stereocenters. The van der Waals surface area contributed by atoms with Crippen molar-refractivity contribution < 1.29 is 19.1 Å². The molecule has 0 saturated heterocycles. The second-order valence-electron chi connectivity index (χ2n) is 9.51. The third-order valence-electron chi connectivity index (χ3n) is 7.07. The molecule has 8 heteroatoms. The summed E-state index contributed by atoms with van der Waals surface area (Å²) in [4.78, 5) is 30.0. The van der Waals surface area contributed by atoms with Crippen LogP contribution in [0.15, 0.2) is 92.4 Å². The lowest BCUT2D eigenvalue weighted by atomic mass is 9.99. The average molecular weight is 599 g/mol. The summed E-state index contributed by atoms with van der Waals surface area (Å²) in [7, 11) is 0. The fraction of sp³-hybridized carbons (Fsp3) is 0.125. The molecule has 0 aliphatic carbocycles. The Morgan fingerprint density at radius 1 is 0.525 bits per heavy atom. The van der Waals surface area contributed by atoms with Crippen LogP contribution in [0.3, 0.4) is 0 Å². The average Bonchev–Trinajstić information content (AvgIpc) is 3.53. The Balaban J connectivity index is 1.47. The largest absolute Gasteiger partial charge is 0.457 e. The van der Waals surface area contributed by atoms with Gasteiger partial charge < -0.3 is 9.47 Å². The highest BCUT2D eigenvalue weighted by molar-refractivity contribution is 8.36. The Hall–Kier alpha value is -3.04. The van der Waals surface area contributed by atoms with Crippen LogP contribution in [0.5, 0.6) is 0 Å². The quantitative estimate of drug-likeness (QED) is 0.152. The van der Waals surface area contributed by atoms with E-state index in [1.807, 2.05) is 0 Å². The minimum Gasteiger partial charge on any atom is -0.457 e. The van der Waals surface area contributed by atoms with Crippen LogP contribution in [0.2, 0.25) is 0 Å². The van der Waals surface area contributed by atoms with Crippen molar-refractivity contribution in [3.05, 3.63) is 114 Å². The molecule has 0 atom stereocenters. The van der Waals surface area contributed by atoms with E-state index in [2.05, 4.69) is 62.4 Å². The zero-order valence-corrected chi connectivity index (χ0v) is 24.9. The lowest BCUT2D eigenvalue weighted by molar-refractivity contribution is 0.0532. The Kier molecular flexibility index (Phi) is 6.74. The number of hydrogen-bond donors (Lipinski definition) is 0. The molecule has 8 bridgehead atoms. The number of carbonyl (C=O) groups excluding carboxylic acids is 2. The number of carbonyl (C=O) groups is 2. The van der Waals surface area contributed by atoms with Gasteiger partial charge in [0.05, 0.1) is 19.6 Å². The number of esters is 2. The molecule has 10 rings (SSSR count). The first-order valence-corrected chi connectivity index (χ1v) is 16.0. The normalized spacial score (nSPS) is 17.9. The van der Waals surface area contributed by atoms with E-state index >= 15 is 0 Å². The molecule has 0 N–H and O–H groups in total. The highest BCUT2D eigenvalue weighted by atomic mass is 32.2. The summed E-state index contributed by atoms with van der Waals surface area (Å²) < 4.78 is 13.8. The molecular weight excluding hydrogens is 577 g/mol. The fourth-order valence-electron chi connectivity index (χ4n) is 5.01. The van der Waals surface area contributed by atoms with Crippen LogP contribution in [0.1, 0.15) is 34.6 Å². The minimum atomic E-state index is -0.419. The van der Waals surface area contributed by atoms with Gasteiger partial charge in [-0.2, -0.15) is 0 Å². The molecule has 0 amide bonds. The first-order valence-electron chi connectivity index (χ1n) is 12.7. The van der Waals surface area contributed by atoms with Crippen molar-refractivity contribution in [2.45, 2.75) is 13.8 Å². The molecule has 40 heavy (non-hydrogen) atoms. The number of hydrogen-bond acceptors (Lipinski definition) is 8. The van der Waals surface area contributed by atoms with Crippen LogP contribution in [-0.4, -0.2) is 25.2 Å². The van der Waals surface area contributed by atoms with Gasteiger partial charge in [0.1, 0.15) is 13.2 Å². The Labute approximate surface area is 247 Å². The van der Waals surface area contributed by atoms with Crippen LogP contribution >= 0.6 is 47.0 Å². The van der Waals surface area contributed by atoms with Gasteiger partial charge in [0.25, 0.3) is 0 Å². The molecular formula is C32H22O4S4. The van der Waals surface area contributed by atoms with Crippen LogP contribution in [0, 0.1) is 0 Å². The van der Waals surface area contributed by atoms with Crippen molar-refractivity contribution in [2.24, 2.45) is 0 Å². The first kappa shape index (κ1) is 25.9. The highest BCUT2D eigenvalue weighted by Gasteiger charge is 2.25. The number of benzene rings is 4. The lowest BCUT2D eigenvalue weighted by Crippen LogP contribution is -2.17. The molecule has 6 aliphatic heterocycles. The van der Waals surface area contributed by atoms with Crippen LogP contribution in [0.4, 0.5) is 0 Å². The Bertz CT molecular complexity index is 1750. The number of allylic oxidation sites excluding steroid dienone is 2. The van der Waals surface area contributed by atoms with E-state index in [0.29, 0.717) is 11.1 Å². The number of rotatable bonds is 0. The van der Waals surface area contributed by atoms with E-state index in [9.17, 15) is 9.59 Å². The molecule has 4 nitrogen and oxygen atoms in total. The van der Waals surface area contributed by atoms with Gasteiger partial charge in [-0.15, -0.1) is 0 Å². The predicted octanol–water partition coefficient (Wildman–Crippen LogP) is 7.57. The predicted molar refractivity (Wildman–Crippen MR) is 170 cm³/mol. The molecule has 0 radical (unpaired) electrons. The summed E-state index contributed by atoms with van der Waals surface area (Å²) in [5.41, 5.74) is 0.800. The summed E-state index contributed by atoms with van der Waals surface area (Å²) >= 11 is 6.87. The maximum atomic E-state index is 12.8. The third-order valence-corrected chi connectivity index (χ3v) is 12.3. The van der Waals surface area contributed by atoms with E-state index in [1.165, 1.54) is 40.5 Å². The van der Waals surface area contributed by atoms with Gasteiger partial charge in [-0.3, -0.25) is 0 Å². The summed E-state index contributed by atoms with van der Waals surface area (Å²) in [6.07, 6.45) is 0. The monoisotopic (exact) mass is 598 g/mol. The van der Waals surface area contributed by atoms with Crippen molar-refractivity contribution >= 4 is 89.0 Å². The third kappa shape index (κ3) is 4.47. The van der Waals surface area contributed by atoms with Gasteiger partial charge in [-0.05, 0) is 59.7 Å². The SMILES string of the molecule is CC1=C2COC(=O)c3ccc(cc3)C(=O)OCC3=C(C)SC(=c4c5ccccc5c(c5ccccc45)=C(S1)S2)S3. The Morgan fingerprint density at radius 3 is 1.23 bits per heavy atom. The van der Waals surface area contributed by atoms with Crippen LogP contribution in [-0.2, 0) is 9.47 Å². The van der Waals surface area contributed by atoms with E-state index in [4.69, 9.17) is 9.47 Å². The summed E-state index contributed by atoms with van der Waals surface area (Å²) in [5.74, 6) is -0.839. The molecule has 198 valence electrons. The molecule has 0 fully saturated rings. The van der Waals surface area contributed by atoms with Crippen LogP contribution < -0.4 is 10.4 Å². The molecule has 6 aliphatic rings. The standard InChI is InChI=1S/C32H22O4S4/c1-17-25-15-35-29(33)19-11-13-20(14-12-19)30(34)36-16-26-18(2)38-32(40-26)28-23-9-5-3-7-21(23)27(31(37-17)39-25)22-8-4-6-10-24(22)28/h3-14H,15-16H2,1-2H3. The summed E-state index contributed by atoms with van der Waals surface area (Å²) in [6.45, 7) is 4.56. The van der Waals surface area contributed by atoms with Gasteiger partial charge in [-0.1, -0.05) is 95.6 Å². The second kappa shape index (κ2) is 10.4. The maximum absolute atomic E-state index is 12.8. The molecule has 0 saturated carbocycles. The minimum absolute atomic E-state index is 0.197. The van der Waals surface area contributed by atoms with Gasteiger partial charge in [0.15, 0.2) is 0 Å². The van der Waals surface area contributed by atoms with Crippen molar-refractivity contribution in [3.63, 3.8) is 0 Å². The van der Waals surface area contributed by atoms with Gasteiger partial charge >= 0.3 is 11.9 Å². The van der Waals surface area contributed by atoms with Crippen molar-refractivity contribution in [1.29, 1.82) is 0 Å². The van der Waals surface area contributed by atoms with E-state index in [0.717, 1.165) is 19.6 Å². The fourth-order valence-corrected chi connectivity index (χ4v) is 10.4. The first-order chi connectivity index (χ1) is 19.5. The molecule has 6 heterocycles. The van der Waals surface area contributed by atoms with E-state index in [1.54, 1.807) is 71.3 Å². The highest BCUT2D eigenvalue weighted by Crippen LogP contribution is 2.51. The zero-order valence-electron chi connectivity index (χ0n) is 21.6. The Morgan fingerprint density at radius 2 is 0.875 bits per heavy atom. The van der Waals surface area contributed by atoms with E-state index in [-0.39, 0.29) is 13.2 Å². The van der Waals surface area contributed by atoms with Crippen LogP contribution in [0.25, 0.3) is 30.0 Å². The lowest BCUT2D eigenvalue weighted by Gasteiger charge is -2.12. The van der Waals surface area contributed by atoms with Gasteiger partial charge in [0.2, 0.25) is 0 Å². The van der Waals surface area contributed by atoms with Crippen molar-refractivity contribution in [1.82, 2.24) is 0 Å². The zero-order chi connectivity index (χ0) is 27.4. The van der Waals surface area contributed by atoms with Gasteiger partial charge in [-0.25, -0.2) is 9.59 Å². The van der Waals surface area contributed by atoms with Gasteiger partial charge in [0, 0.05) is 30.1 Å².